The van der Waals surface area contributed by atoms with E-state index in [1.54, 1.807) is 45.3 Å². The number of aliphatic hydroxyl groups excluding tert-OH is 2. The van der Waals surface area contributed by atoms with Gasteiger partial charge >= 0.3 is 0 Å². The van der Waals surface area contributed by atoms with E-state index in [1.807, 2.05) is 6.07 Å². The second-order valence-corrected chi connectivity index (χ2v) is 5.37. The molecule has 0 aliphatic rings. The number of hydrogen-bond donors (Lipinski definition) is 2. The minimum absolute atomic E-state index is 0.0176. The van der Waals surface area contributed by atoms with Gasteiger partial charge in [0, 0.05) is 38.3 Å². The van der Waals surface area contributed by atoms with Crippen molar-refractivity contribution >= 4 is 5.91 Å². The molecule has 7 heteroatoms. The van der Waals surface area contributed by atoms with Gasteiger partial charge in [-0.2, -0.15) is 0 Å². The summed E-state index contributed by atoms with van der Waals surface area (Å²) in [6.45, 7) is 0.868. The lowest BCUT2D eigenvalue weighted by atomic mass is 10.1. The molecule has 0 spiro atoms. The molecule has 2 N–H and O–H groups in total. The number of benzene rings is 1. The zero-order chi connectivity index (χ0) is 17.4. The van der Waals surface area contributed by atoms with E-state index in [-0.39, 0.29) is 19.1 Å². The summed E-state index contributed by atoms with van der Waals surface area (Å²) >= 11 is 0. The maximum absolute atomic E-state index is 12.2. The second kappa shape index (κ2) is 9.34. The van der Waals surface area contributed by atoms with Gasteiger partial charge in [0.1, 0.15) is 17.6 Å². The fourth-order valence-electron chi connectivity index (χ4n) is 2.21. The maximum Gasteiger partial charge on any atom is 0.252 e. The standard InChI is InChI=1S/C16H26N2O5/c1-17(7-8-19)11-14(20)16(21)18(2)10-12-5-6-13(22-3)9-15(12)23-4/h5-6,9,14,19-20H,7-8,10-11H2,1-4H3. The number of likely N-dealkylation sites (N-methyl/N-ethyl adjacent to an activating group) is 2. The van der Waals surface area contributed by atoms with Crippen LogP contribution < -0.4 is 9.47 Å². The maximum atomic E-state index is 12.2. The first-order valence-electron chi connectivity index (χ1n) is 7.36. The molecule has 0 radical (unpaired) electrons. The number of aliphatic hydroxyl groups is 2. The number of methoxy groups -OCH3 is 2. The van der Waals surface area contributed by atoms with Crippen molar-refractivity contribution in [2.24, 2.45) is 0 Å². The van der Waals surface area contributed by atoms with Gasteiger partial charge in [-0.1, -0.05) is 0 Å². The third-order valence-electron chi connectivity index (χ3n) is 3.53. The molecule has 0 saturated heterocycles. The third-order valence-corrected chi connectivity index (χ3v) is 3.53. The summed E-state index contributed by atoms with van der Waals surface area (Å²) < 4.78 is 10.5. The quantitative estimate of drug-likeness (QED) is 0.662. The van der Waals surface area contributed by atoms with Crippen LogP contribution in [0.2, 0.25) is 0 Å². The summed E-state index contributed by atoms with van der Waals surface area (Å²) in [5, 5.41) is 18.9. The van der Waals surface area contributed by atoms with Crippen LogP contribution in [0.5, 0.6) is 11.5 Å². The first kappa shape index (κ1) is 19.2. The normalized spacial score (nSPS) is 12.1. The molecule has 1 rings (SSSR count). The van der Waals surface area contributed by atoms with Crippen molar-refractivity contribution in [1.82, 2.24) is 9.80 Å². The lowest BCUT2D eigenvalue weighted by Crippen LogP contribution is -2.42. The highest BCUT2D eigenvalue weighted by Gasteiger charge is 2.22. The lowest BCUT2D eigenvalue weighted by Gasteiger charge is -2.24. The van der Waals surface area contributed by atoms with E-state index in [2.05, 4.69) is 0 Å². The Balaban J connectivity index is 2.71. The summed E-state index contributed by atoms with van der Waals surface area (Å²) in [6, 6.07) is 5.37. The molecule has 1 atom stereocenters. The van der Waals surface area contributed by atoms with Gasteiger partial charge in [-0.05, 0) is 19.2 Å². The molecule has 0 heterocycles. The molecule has 1 aromatic rings. The highest BCUT2D eigenvalue weighted by Crippen LogP contribution is 2.25. The summed E-state index contributed by atoms with van der Waals surface area (Å²) in [4.78, 5) is 15.4. The first-order chi connectivity index (χ1) is 10.9. The van der Waals surface area contributed by atoms with Crippen LogP contribution in [0.1, 0.15) is 5.56 Å². The molecule has 0 aromatic heterocycles. The van der Waals surface area contributed by atoms with Crippen molar-refractivity contribution in [1.29, 1.82) is 0 Å². The molecule has 0 aliphatic carbocycles. The second-order valence-electron chi connectivity index (χ2n) is 5.37. The number of hydrogen-bond acceptors (Lipinski definition) is 6. The van der Waals surface area contributed by atoms with Gasteiger partial charge in [0.2, 0.25) is 0 Å². The van der Waals surface area contributed by atoms with Crippen LogP contribution >= 0.6 is 0 Å². The van der Waals surface area contributed by atoms with Crippen molar-refractivity contribution in [2.45, 2.75) is 12.6 Å². The van der Waals surface area contributed by atoms with Crippen LogP contribution in [0.25, 0.3) is 0 Å². The predicted molar refractivity (Wildman–Crippen MR) is 86.6 cm³/mol. The van der Waals surface area contributed by atoms with E-state index in [4.69, 9.17) is 14.6 Å². The zero-order valence-corrected chi connectivity index (χ0v) is 14.2. The van der Waals surface area contributed by atoms with Crippen molar-refractivity contribution < 1.29 is 24.5 Å². The molecule has 0 fully saturated rings. The molecule has 0 saturated carbocycles. The van der Waals surface area contributed by atoms with Gasteiger partial charge in [0.05, 0.1) is 20.8 Å². The molecule has 0 bridgehead atoms. The van der Waals surface area contributed by atoms with Crippen molar-refractivity contribution in [3.05, 3.63) is 23.8 Å². The molecule has 1 aromatic carbocycles. The van der Waals surface area contributed by atoms with Gasteiger partial charge in [0.15, 0.2) is 0 Å². The van der Waals surface area contributed by atoms with Gasteiger partial charge in [-0.3, -0.25) is 4.79 Å². The third kappa shape index (κ3) is 5.70. The van der Waals surface area contributed by atoms with Crippen LogP contribution in [0, 0.1) is 0 Å². The number of ether oxygens (including phenoxy) is 2. The molecule has 23 heavy (non-hydrogen) atoms. The Kier molecular flexibility index (Phi) is 7.80. The topological polar surface area (TPSA) is 82.5 Å². The number of carbonyl (C=O) groups is 1. The Morgan fingerprint density at radius 3 is 2.52 bits per heavy atom. The average Bonchev–Trinajstić information content (AvgIpc) is 2.54. The highest BCUT2D eigenvalue weighted by molar-refractivity contribution is 5.80. The Morgan fingerprint density at radius 1 is 1.26 bits per heavy atom. The number of carbonyl (C=O) groups excluding carboxylic acids is 1. The molecule has 7 nitrogen and oxygen atoms in total. The summed E-state index contributed by atoms with van der Waals surface area (Å²) in [5.74, 6) is 0.911. The van der Waals surface area contributed by atoms with Crippen LogP contribution in [0.15, 0.2) is 18.2 Å². The Labute approximate surface area is 137 Å². The highest BCUT2D eigenvalue weighted by atomic mass is 16.5. The van der Waals surface area contributed by atoms with Gasteiger partial charge in [0.25, 0.3) is 5.91 Å². The van der Waals surface area contributed by atoms with E-state index in [0.717, 1.165) is 5.56 Å². The minimum Gasteiger partial charge on any atom is -0.497 e. The van der Waals surface area contributed by atoms with Crippen LogP contribution in [-0.4, -0.2) is 80.0 Å². The molecule has 1 unspecified atom stereocenters. The van der Waals surface area contributed by atoms with E-state index in [0.29, 0.717) is 24.6 Å². The fraction of sp³-hybridized carbons (Fsp3) is 0.562. The summed E-state index contributed by atoms with van der Waals surface area (Å²) in [5.41, 5.74) is 0.820. The van der Waals surface area contributed by atoms with Crippen molar-refractivity contribution in [3.8, 4) is 11.5 Å². The van der Waals surface area contributed by atoms with E-state index in [1.165, 1.54) is 4.90 Å². The van der Waals surface area contributed by atoms with E-state index in [9.17, 15) is 9.90 Å². The molecular weight excluding hydrogens is 300 g/mol. The Morgan fingerprint density at radius 2 is 1.96 bits per heavy atom. The van der Waals surface area contributed by atoms with Crippen LogP contribution in [0.3, 0.4) is 0 Å². The Bertz CT molecular complexity index is 509. The summed E-state index contributed by atoms with van der Waals surface area (Å²) in [7, 11) is 6.49. The van der Waals surface area contributed by atoms with Crippen LogP contribution in [-0.2, 0) is 11.3 Å². The summed E-state index contributed by atoms with van der Waals surface area (Å²) in [6.07, 6.45) is -1.14. The average molecular weight is 326 g/mol. The predicted octanol–water partition coefficient (Wildman–Crippen LogP) is -0.0528. The van der Waals surface area contributed by atoms with Crippen molar-refractivity contribution in [2.75, 3.05) is 48.0 Å². The van der Waals surface area contributed by atoms with E-state index < -0.39 is 6.10 Å². The monoisotopic (exact) mass is 326 g/mol. The first-order valence-corrected chi connectivity index (χ1v) is 7.36. The molecule has 1 amide bonds. The number of nitrogens with zero attached hydrogens (tertiary/aromatic N) is 2. The van der Waals surface area contributed by atoms with Crippen LogP contribution in [0.4, 0.5) is 0 Å². The van der Waals surface area contributed by atoms with Gasteiger partial charge < -0.3 is 29.5 Å². The number of amides is 1. The van der Waals surface area contributed by atoms with Gasteiger partial charge in [-0.25, -0.2) is 0 Å². The Hall–Kier alpha value is -1.83. The minimum atomic E-state index is -1.14. The zero-order valence-electron chi connectivity index (χ0n) is 14.2. The lowest BCUT2D eigenvalue weighted by molar-refractivity contribution is -0.140. The number of rotatable bonds is 9. The fourth-order valence-corrected chi connectivity index (χ4v) is 2.21. The smallest absolute Gasteiger partial charge is 0.252 e. The van der Waals surface area contributed by atoms with E-state index >= 15 is 0 Å². The largest absolute Gasteiger partial charge is 0.497 e. The molecular formula is C16H26N2O5. The molecule has 130 valence electrons. The SMILES string of the molecule is COc1ccc(CN(C)C(=O)C(O)CN(C)CCO)c(OC)c1. The molecule has 0 aliphatic heterocycles. The van der Waals surface area contributed by atoms with Crippen molar-refractivity contribution in [3.63, 3.8) is 0 Å². The van der Waals surface area contributed by atoms with Gasteiger partial charge in [-0.15, -0.1) is 0 Å².